The molecule has 0 aliphatic carbocycles. The Balaban J connectivity index is 2.93. The fourth-order valence-electron chi connectivity index (χ4n) is 0.333. The maximum Gasteiger partial charge on any atom is 0.0526 e. The van der Waals surface area contributed by atoms with Crippen LogP contribution in [0.2, 0.25) is 0 Å². The standard InChI is InChI=1S/C7H15O/c1-6(2)5-8-7(3)4/h7H,5H2,1-4H3. The summed E-state index contributed by atoms with van der Waals surface area (Å²) in [4.78, 5) is 0. The van der Waals surface area contributed by atoms with E-state index in [2.05, 4.69) is 13.8 Å². The second-order valence-corrected chi connectivity index (χ2v) is 2.57. The lowest BCUT2D eigenvalue weighted by Gasteiger charge is -2.08. The highest BCUT2D eigenvalue weighted by atomic mass is 16.5. The molecule has 0 bridgehead atoms. The maximum atomic E-state index is 5.27. The number of rotatable bonds is 3. The molecule has 0 amide bonds. The van der Waals surface area contributed by atoms with Crippen molar-refractivity contribution in [2.75, 3.05) is 6.61 Å². The van der Waals surface area contributed by atoms with E-state index < -0.39 is 0 Å². The van der Waals surface area contributed by atoms with Crippen LogP contribution in [0.3, 0.4) is 0 Å². The molecule has 1 radical (unpaired) electrons. The molecule has 0 rings (SSSR count). The lowest BCUT2D eigenvalue weighted by atomic mass is 10.2. The van der Waals surface area contributed by atoms with Crippen molar-refractivity contribution < 1.29 is 4.74 Å². The third-order valence-corrected chi connectivity index (χ3v) is 0.705. The van der Waals surface area contributed by atoms with E-state index in [0.717, 1.165) is 6.61 Å². The van der Waals surface area contributed by atoms with Gasteiger partial charge >= 0.3 is 0 Å². The molecule has 1 heteroatoms. The predicted octanol–water partition coefficient (Wildman–Crippen LogP) is 2.03. The van der Waals surface area contributed by atoms with Crippen LogP contribution in [0.1, 0.15) is 27.7 Å². The molecule has 0 unspecified atom stereocenters. The highest BCUT2D eigenvalue weighted by Gasteiger charge is 1.95. The SMILES string of the molecule is C[C](C)COC(C)C. The zero-order chi connectivity index (χ0) is 6.57. The van der Waals surface area contributed by atoms with E-state index in [1.165, 1.54) is 5.92 Å². The van der Waals surface area contributed by atoms with Crippen LogP contribution < -0.4 is 0 Å². The van der Waals surface area contributed by atoms with Gasteiger partial charge in [-0.05, 0) is 19.8 Å². The molecule has 0 aliphatic heterocycles. The molecule has 0 N–H and O–H groups in total. The van der Waals surface area contributed by atoms with Crippen molar-refractivity contribution in [3.63, 3.8) is 0 Å². The Labute approximate surface area is 52.0 Å². The minimum absolute atomic E-state index is 0.366. The van der Waals surface area contributed by atoms with Gasteiger partial charge in [0.15, 0.2) is 0 Å². The molecule has 0 aromatic rings. The molecule has 8 heavy (non-hydrogen) atoms. The van der Waals surface area contributed by atoms with E-state index in [0.29, 0.717) is 6.10 Å². The molecule has 0 saturated carbocycles. The Bertz CT molecular complexity index is 40.3. The zero-order valence-corrected chi connectivity index (χ0v) is 6.19. The highest BCUT2D eigenvalue weighted by molar-refractivity contribution is 4.75. The molecular weight excluding hydrogens is 100 g/mol. The smallest absolute Gasteiger partial charge is 0.0526 e. The van der Waals surface area contributed by atoms with Crippen LogP contribution in [0.4, 0.5) is 0 Å². The lowest BCUT2D eigenvalue weighted by molar-refractivity contribution is 0.0880. The van der Waals surface area contributed by atoms with Gasteiger partial charge in [0, 0.05) is 0 Å². The average Bonchev–Trinajstić information content (AvgIpc) is 1.61. The van der Waals surface area contributed by atoms with E-state index in [4.69, 9.17) is 4.74 Å². The third-order valence-electron chi connectivity index (χ3n) is 0.705. The van der Waals surface area contributed by atoms with E-state index in [-0.39, 0.29) is 0 Å². The summed E-state index contributed by atoms with van der Waals surface area (Å²) in [5.74, 6) is 1.33. The van der Waals surface area contributed by atoms with Crippen molar-refractivity contribution >= 4 is 0 Å². The number of ether oxygens (including phenoxy) is 1. The topological polar surface area (TPSA) is 9.23 Å². The van der Waals surface area contributed by atoms with E-state index in [1.807, 2.05) is 13.8 Å². The summed E-state index contributed by atoms with van der Waals surface area (Å²) in [7, 11) is 0. The Kier molecular flexibility index (Phi) is 3.88. The highest BCUT2D eigenvalue weighted by Crippen LogP contribution is 1.97. The van der Waals surface area contributed by atoms with E-state index in [1.54, 1.807) is 0 Å². The molecular formula is C7H15O. The molecule has 1 nitrogen and oxygen atoms in total. The van der Waals surface area contributed by atoms with Gasteiger partial charge in [0.1, 0.15) is 0 Å². The van der Waals surface area contributed by atoms with Crippen molar-refractivity contribution in [2.24, 2.45) is 0 Å². The molecule has 0 heterocycles. The van der Waals surface area contributed by atoms with Crippen molar-refractivity contribution in [1.82, 2.24) is 0 Å². The average molecular weight is 115 g/mol. The fraction of sp³-hybridized carbons (Fsp3) is 0.857. The quantitative estimate of drug-likeness (QED) is 0.546. The molecule has 0 spiro atoms. The van der Waals surface area contributed by atoms with Gasteiger partial charge in [-0.25, -0.2) is 0 Å². The van der Waals surface area contributed by atoms with Gasteiger partial charge in [-0.1, -0.05) is 13.8 Å². The van der Waals surface area contributed by atoms with E-state index in [9.17, 15) is 0 Å². The largest absolute Gasteiger partial charge is 0.378 e. The maximum absolute atomic E-state index is 5.27. The first-order chi connectivity index (χ1) is 3.63. The van der Waals surface area contributed by atoms with Crippen LogP contribution in [-0.4, -0.2) is 12.7 Å². The minimum atomic E-state index is 0.366. The Morgan fingerprint density at radius 1 is 1.38 bits per heavy atom. The molecule has 0 aromatic heterocycles. The van der Waals surface area contributed by atoms with Gasteiger partial charge < -0.3 is 4.74 Å². The van der Waals surface area contributed by atoms with Crippen LogP contribution >= 0.6 is 0 Å². The first kappa shape index (κ1) is 7.96. The summed E-state index contributed by atoms with van der Waals surface area (Å²) >= 11 is 0. The number of hydrogen-bond donors (Lipinski definition) is 0. The monoisotopic (exact) mass is 115 g/mol. The van der Waals surface area contributed by atoms with Gasteiger partial charge in [0.2, 0.25) is 0 Å². The number of hydrogen-bond acceptors (Lipinski definition) is 1. The molecule has 0 aromatic carbocycles. The van der Waals surface area contributed by atoms with Crippen LogP contribution in [0.5, 0.6) is 0 Å². The Morgan fingerprint density at radius 2 is 1.88 bits per heavy atom. The summed E-state index contributed by atoms with van der Waals surface area (Å²) < 4.78 is 5.27. The Morgan fingerprint density at radius 3 is 2.00 bits per heavy atom. The minimum Gasteiger partial charge on any atom is -0.378 e. The zero-order valence-electron chi connectivity index (χ0n) is 6.19. The van der Waals surface area contributed by atoms with Gasteiger partial charge in [-0.3, -0.25) is 0 Å². The molecule has 49 valence electrons. The van der Waals surface area contributed by atoms with Gasteiger partial charge in [-0.2, -0.15) is 0 Å². The lowest BCUT2D eigenvalue weighted by Crippen LogP contribution is -2.06. The molecule has 0 atom stereocenters. The van der Waals surface area contributed by atoms with Gasteiger partial charge in [0.05, 0.1) is 12.7 Å². The van der Waals surface area contributed by atoms with Crippen molar-refractivity contribution in [2.45, 2.75) is 33.8 Å². The van der Waals surface area contributed by atoms with Gasteiger partial charge in [0.25, 0.3) is 0 Å². The summed E-state index contributed by atoms with van der Waals surface area (Å²) in [5, 5.41) is 0. The van der Waals surface area contributed by atoms with Crippen molar-refractivity contribution in [3.05, 3.63) is 5.92 Å². The van der Waals surface area contributed by atoms with Gasteiger partial charge in [-0.15, -0.1) is 0 Å². The fourth-order valence-corrected chi connectivity index (χ4v) is 0.333. The van der Waals surface area contributed by atoms with Crippen LogP contribution in [-0.2, 0) is 4.74 Å². The first-order valence-corrected chi connectivity index (χ1v) is 3.03. The Hall–Kier alpha value is -0.0400. The van der Waals surface area contributed by atoms with Crippen LogP contribution in [0.15, 0.2) is 0 Å². The van der Waals surface area contributed by atoms with Crippen molar-refractivity contribution in [3.8, 4) is 0 Å². The summed E-state index contributed by atoms with van der Waals surface area (Å²) in [5.41, 5.74) is 0. The predicted molar refractivity (Wildman–Crippen MR) is 35.7 cm³/mol. The summed E-state index contributed by atoms with van der Waals surface area (Å²) in [6.45, 7) is 9.04. The summed E-state index contributed by atoms with van der Waals surface area (Å²) in [6.07, 6.45) is 0.366. The van der Waals surface area contributed by atoms with Crippen LogP contribution in [0, 0.1) is 5.92 Å². The summed E-state index contributed by atoms with van der Waals surface area (Å²) in [6, 6.07) is 0. The normalized spacial score (nSPS) is 11.2. The molecule has 0 saturated heterocycles. The van der Waals surface area contributed by atoms with Crippen LogP contribution in [0.25, 0.3) is 0 Å². The second kappa shape index (κ2) is 3.90. The first-order valence-electron chi connectivity index (χ1n) is 3.03. The van der Waals surface area contributed by atoms with Crippen molar-refractivity contribution in [1.29, 1.82) is 0 Å². The van der Waals surface area contributed by atoms with E-state index >= 15 is 0 Å². The molecule has 0 aliphatic rings. The third kappa shape index (κ3) is 5.96. The second-order valence-electron chi connectivity index (χ2n) is 2.57. The molecule has 0 fully saturated rings.